The molecule has 0 aliphatic rings. The number of nitrogens with zero attached hydrogens (tertiary/aromatic N) is 2. The number of halogens is 3. The van der Waals surface area contributed by atoms with E-state index in [1.54, 1.807) is 36.4 Å². The number of hydrogen-bond donors (Lipinski definition) is 3. The Hall–Kier alpha value is -2.35. The summed E-state index contributed by atoms with van der Waals surface area (Å²) in [6.07, 6.45) is 1.34. The summed E-state index contributed by atoms with van der Waals surface area (Å²) in [5, 5.41) is 21.2. The predicted molar refractivity (Wildman–Crippen MR) is 105 cm³/mol. The number of carbonyl (C=O) groups excluding carboxylic acids is 1. The molecule has 3 aromatic rings. The van der Waals surface area contributed by atoms with Gasteiger partial charge in [-0.15, -0.1) is 0 Å². The molecule has 0 aliphatic carbocycles. The summed E-state index contributed by atoms with van der Waals surface area (Å²) in [6.45, 7) is 0. The molecule has 1 heterocycles. The fourth-order valence-corrected chi connectivity index (χ4v) is 3.01. The largest absolute Gasteiger partial charge is 0.507 e. The number of phenolic OH excluding ortho intramolecular Hbond substituents is 1. The van der Waals surface area contributed by atoms with Crippen LogP contribution in [0.15, 0.2) is 52.0 Å². The fourth-order valence-electron chi connectivity index (χ4n) is 2.12. The van der Waals surface area contributed by atoms with E-state index in [9.17, 15) is 9.90 Å². The average molecular weight is 454 g/mol. The Morgan fingerprint density at radius 1 is 1.23 bits per heavy atom. The standard InChI is InChI=1S/C17H11BrCl2N4O2/c18-10-1-4-16(25)9(5-10)8-21-24-17(26)15-7-14(22-23-15)12-3-2-11(19)6-13(12)20/h1-8,25H,(H,22,23)(H,24,26)/b21-8+. The highest BCUT2D eigenvalue weighted by Crippen LogP contribution is 2.29. The van der Waals surface area contributed by atoms with Crippen molar-refractivity contribution in [2.24, 2.45) is 5.10 Å². The van der Waals surface area contributed by atoms with Gasteiger partial charge in [0.05, 0.1) is 16.9 Å². The quantitative estimate of drug-likeness (QED) is 0.397. The van der Waals surface area contributed by atoms with Gasteiger partial charge < -0.3 is 5.11 Å². The summed E-state index contributed by atoms with van der Waals surface area (Å²) in [6, 6.07) is 11.4. The first kappa shape index (κ1) is 18.4. The Bertz CT molecular complexity index is 1000. The number of aromatic nitrogens is 2. The second kappa shape index (κ2) is 7.90. The third-order valence-corrected chi connectivity index (χ3v) is 4.43. The first-order valence-electron chi connectivity index (χ1n) is 7.27. The van der Waals surface area contributed by atoms with Crippen molar-refractivity contribution in [3.05, 3.63) is 68.2 Å². The predicted octanol–water partition coefficient (Wildman–Crippen LogP) is 4.62. The molecule has 0 atom stereocenters. The maximum atomic E-state index is 12.1. The minimum atomic E-state index is -0.487. The van der Waals surface area contributed by atoms with Crippen molar-refractivity contribution in [2.75, 3.05) is 0 Å². The summed E-state index contributed by atoms with van der Waals surface area (Å²) in [7, 11) is 0. The number of hydrogen-bond acceptors (Lipinski definition) is 4. The van der Waals surface area contributed by atoms with Crippen LogP contribution in [0.4, 0.5) is 0 Å². The molecule has 9 heteroatoms. The Kier molecular flexibility index (Phi) is 5.61. The molecule has 26 heavy (non-hydrogen) atoms. The van der Waals surface area contributed by atoms with Gasteiger partial charge in [-0.25, -0.2) is 5.43 Å². The molecule has 0 saturated heterocycles. The second-order valence-corrected chi connectivity index (χ2v) is 6.95. The maximum absolute atomic E-state index is 12.1. The SMILES string of the molecule is O=C(N/N=C/c1cc(Br)ccc1O)c1cc(-c2ccc(Cl)cc2Cl)n[nH]1. The van der Waals surface area contributed by atoms with Gasteiger partial charge in [0.15, 0.2) is 0 Å². The molecule has 132 valence electrons. The molecule has 0 spiro atoms. The number of carbonyl (C=O) groups is 1. The first-order valence-corrected chi connectivity index (χ1v) is 8.81. The molecule has 2 aromatic carbocycles. The number of nitrogens with one attached hydrogen (secondary N) is 2. The number of amides is 1. The number of aromatic hydroxyl groups is 1. The van der Waals surface area contributed by atoms with E-state index in [4.69, 9.17) is 23.2 Å². The summed E-state index contributed by atoms with van der Waals surface area (Å²) < 4.78 is 0.779. The molecule has 0 unspecified atom stereocenters. The smallest absolute Gasteiger partial charge is 0.289 e. The van der Waals surface area contributed by atoms with Crippen LogP contribution >= 0.6 is 39.1 Å². The molecule has 1 aromatic heterocycles. The molecule has 0 radical (unpaired) electrons. The Balaban J connectivity index is 1.72. The van der Waals surface area contributed by atoms with Crippen molar-refractivity contribution in [1.29, 1.82) is 0 Å². The van der Waals surface area contributed by atoms with E-state index in [1.807, 2.05) is 0 Å². The number of hydrazone groups is 1. The molecule has 0 bridgehead atoms. The lowest BCUT2D eigenvalue weighted by atomic mass is 10.1. The van der Waals surface area contributed by atoms with E-state index in [0.29, 0.717) is 26.9 Å². The lowest BCUT2D eigenvalue weighted by Gasteiger charge is -2.00. The summed E-state index contributed by atoms with van der Waals surface area (Å²) in [5.74, 6) is -0.438. The topological polar surface area (TPSA) is 90.4 Å². The number of H-pyrrole nitrogens is 1. The number of phenols is 1. The van der Waals surface area contributed by atoms with Crippen LogP contribution in [0.1, 0.15) is 16.1 Å². The van der Waals surface area contributed by atoms with E-state index in [0.717, 1.165) is 4.47 Å². The first-order chi connectivity index (χ1) is 12.4. The van der Waals surface area contributed by atoms with Crippen LogP contribution < -0.4 is 5.43 Å². The van der Waals surface area contributed by atoms with Crippen LogP contribution in [0.25, 0.3) is 11.3 Å². The fraction of sp³-hybridized carbons (Fsp3) is 0. The lowest BCUT2D eigenvalue weighted by Crippen LogP contribution is -2.18. The van der Waals surface area contributed by atoms with E-state index >= 15 is 0 Å². The highest BCUT2D eigenvalue weighted by molar-refractivity contribution is 9.10. The van der Waals surface area contributed by atoms with Crippen molar-refractivity contribution in [3.8, 4) is 17.0 Å². The van der Waals surface area contributed by atoms with Crippen molar-refractivity contribution in [3.63, 3.8) is 0 Å². The van der Waals surface area contributed by atoms with Crippen LogP contribution in [0.3, 0.4) is 0 Å². The monoisotopic (exact) mass is 452 g/mol. The summed E-state index contributed by atoms with van der Waals surface area (Å²) in [4.78, 5) is 12.1. The molecular weight excluding hydrogens is 443 g/mol. The Morgan fingerprint density at radius 3 is 2.81 bits per heavy atom. The van der Waals surface area contributed by atoms with Crippen LogP contribution in [0.2, 0.25) is 10.0 Å². The lowest BCUT2D eigenvalue weighted by molar-refractivity contribution is 0.0950. The van der Waals surface area contributed by atoms with Gasteiger partial charge in [-0.3, -0.25) is 9.89 Å². The minimum Gasteiger partial charge on any atom is -0.507 e. The normalized spacial score (nSPS) is 11.0. The van der Waals surface area contributed by atoms with E-state index in [2.05, 4.69) is 36.7 Å². The van der Waals surface area contributed by atoms with Crippen LogP contribution in [-0.4, -0.2) is 27.4 Å². The molecule has 0 aliphatic heterocycles. The van der Waals surface area contributed by atoms with Crippen molar-refractivity contribution < 1.29 is 9.90 Å². The molecule has 0 fully saturated rings. The van der Waals surface area contributed by atoms with Gasteiger partial charge in [0.25, 0.3) is 5.91 Å². The average Bonchev–Trinajstić information content (AvgIpc) is 3.07. The van der Waals surface area contributed by atoms with E-state index < -0.39 is 5.91 Å². The minimum absolute atomic E-state index is 0.0485. The van der Waals surface area contributed by atoms with Crippen LogP contribution in [0.5, 0.6) is 5.75 Å². The zero-order chi connectivity index (χ0) is 18.7. The van der Waals surface area contributed by atoms with Gasteiger partial charge in [-0.05, 0) is 42.5 Å². The molecule has 3 rings (SSSR count). The molecular formula is C17H11BrCl2N4O2. The van der Waals surface area contributed by atoms with E-state index in [-0.39, 0.29) is 11.4 Å². The van der Waals surface area contributed by atoms with Gasteiger partial charge in [-0.1, -0.05) is 39.1 Å². The summed E-state index contributed by atoms with van der Waals surface area (Å²) >= 11 is 15.3. The molecule has 6 nitrogen and oxygen atoms in total. The third kappa shape index (κ3) is 4.24. The van der Waals surface area contributed by atoms with Gasteiger partial charge in [0.2, 0.25) is 0 Å². The molecule has 3 N–H and O–H groups in total. The number of aromatic amines is 1. The zero-order valence-corrected chi connectivity index (χ0v) is 16.1. The second-order valence-electron chi connectivity index (χ2n) is 5.19. The third-order valence-electron chi connectivity index (χ3n) is 3.39. The maximum Gasteiger partial charge on any atom is 0.289 e. The van der Waals surface area contributed by atoms with Crippen molar-refractivity contribution >= 4 is 51.3 Å². The highest BCUT2D eigenvalue weighted by atomic mass is 79.9. The van der Waals surface area contributed by atoms with Gasteiger partial charge in [0.1, 0.15) is 11.4 Å². The Morgan fingerprint density at radius 2 is 2.04 bits per heavy atom. The van der Waals surface area contributed by atoms with Crippen molar-refractivity contribution in [2.45, 2.75) is 0 Å². The zero-order valence-electron chi connectivity index (χ0n) is 13.0. The van der Waals surface area contributed by atoms with Crippen LogP contribution in [-0.2, 0) is 0 Å². The van der Waals surface area contributed by atoms with Crippen molar-refractivity contribution in [1.82, 2.24) is 15.6 Å². The van der Waals surface area contributed by atoms with E-state index in [1.165, 1.54) is 12.3 Å². The van der Waals surface area contributed by atoms with Gasteiger partial charge in [-0.2, -0.15) is 10.2 Å². The van der Waals surface area contributed by atoms with Gasteiger partial charge in [0, 0.05) is 20.6 Å². The highest BCUT2D eigenvalue weighted by Gasteiger charge is 2.13. The molecule has 1 amide bonds. The number of rotatable bonds is 4. The number of benzene rings is 2. The van der Waals surface area contributed by atoms with Gasteiger partial charge >= 0.3 is 0 Å². The van der Waals surface area contributed by atoms with Crippen LogP contribution in [0, 0.1) is 0 Å². The summed E-state index contributed by atoms with van der Waals surface area (Å²) in [5.41, 5.74) is 4.18. The molecule has 0 saturated carbocycles. The Labute approximate surface area is 167 Å².